The highest BCUT2D eigenvalue weighted by molar-refractivity contribution is 5.28. The van der Waals surface area contributed by atoms with Crippen LogP contribution in [-0.2, 0) is 7.05 Å². The maximum atomic E-state index is 5.83. The second-order valence-corrected chi connectivity index (χ2v) is 5.57. The van der Waals surface area contributed by atoms with E-state index in [0.717, 1.165) is 17.4 Å². The molecule has 0 aromatic carbocycles. The van der Waals surface area contributed by atoms with Crippen molar-refractivity contribution in [1.29, 1.82) is 0 Å². The number of hydrazine groups is 1. The van der Waals surface area contributed by atoms with Crippen LogP contribution in [0.25, 0.3) is 0 Å². The zero-order chi connectivity index (χ0) is 13.8. The van der Waals surface area contributed by atoms with Crippen molar-refractivity contribution in [2.45, 2.75) is 45.1 Å². The molecule has 1 heterocycles. The third-order valence-corrected chi connectivity index (χ3v) is 4.52. The third kappa shape index (κ3) is 2.92. The van der Waals surface area contributed by atoms with Crippen molar-refractivity contribution in [2.24, 2.45) is 24.7 Å². The fraction of sp³-hybridized carbons (Fsp3) is 0.786. The number of hydrogen-bond donors (Lipinski definition) is 2. The fourth-order valence-corrected chi connectivity index (χ4v) is 3.38. The second kappa shape index (κ2) is 6.39. The molecule has 1 aromatic heterocycles. The summed E-state index contributed by atoms with van der Waals surface area (Å²) in [5.41, 5.74) is 4.06. The van der Waals surface area contributed by atoms with Crippen LogP contribution in [0.4, 0.5) is 0 Å². The summed E-state index contributed by atoms with van der Waals surface area (Å²) in [5, 5.41) is 4.29. The van der Waals surface area contributed by atoms with Crippen LogP contribution < -0.4 is 16.0 Å². The molecule has 5 nitrogen and oxygen atoms in total. The first-order valence-corrected chi connectivity index (χ1v) is 7.23. The molecule has 0 saturated heterocycles. The molecule has 0 bridgehead atoms. The number of rotatable bonds is 5. The molecule has 0 aliphatic heterocycles. The van der Waals surface area contributed by atoms with E-state index in [0.29, 0.717) is 5.92 Å². The SMILES string of the molecule is CCC1CCCC(C(NN)c2c(OC)cnn2C)C1. The second-order valence-electron chi connectivity index (χ2n) is 5.57. The number of nitrogens with zero attached hydrogens (tertiary/aromatic N) is 2. The Kier molecular flexibility index (Phi) is 4.82. The van der Waals surface area contributed by atoms with E-state index >= 15 is 0 Å². The summed E-state index contributed by atoms with van der Waals surface area (Å²) in [6, 6.07) is 0.122. The molecule has 1 aromatic rings. The fourth-order valence-electron chi connectivity index (χ4n) is 3.38. The molecule has 3 unspecified atom stereocenters. The van der Waals surface area contributed by atoms with Crippen LogP contribution >= 0.6 is 0 Å². The van der Waals surface area contributed by atoms with Gasteiger partial charge < -0.3 is 4.74 Å². The number of nitrogens with one attached hydrogen (secondary N) is 1. The molecule has 0 radical (unpaired) electrons. The highest BCUT2D eigenvalue weighted by Gasteiger charge is 2.31. The molecular formula is C14H26N4O. The first-order chi connectivity index (χ1) is 9.21. The van der Waals surface area contributed by atoms with Crippen LogP contribution in [0, 0.1) is 11.8 Å². The maximum Gasteiger partial charge on any atom is 0.161 e. The van der Waals surface area contributed by atoms with E-state index in [1.165, 1.54) is 32.1 Å². The lowest BCUT2D eigenvalue weighted by atomic mass is 9.76. The molecule has 1 saturated carbocycles. The summed E-state index contributed by atoms with van der Waals surface area (Å²) in [6.45, 7) is 2.28. The minimum atomic E-state index is 0.122. The molecule has 1 fully saturated rings. The number of aryl methyl sites for hydroxylation is 1. The van der Waals surface area contributed by atoms with E-state index in [1.54, 1.807) is 13.3 Å². The Morgan fingerprint density at radius 2 is 2.37 bits per heavy atom. The third-order valence-electron chi connectivity index (χ3n) is 4.52. The largest absolute Gasteiger partial charge is 0.493 e. The lowest BCUT2D eigenvalue weighted by molar-refractivity contribution is 0.202. The Bertz CT molecular complexity index is 404. The molecule has 3 N–H and O–H groups in total. The van der Waals surface area contributed by atoms with Crippen molar-refractivity contribution in [3.63, 3.8) is 0 Å². The summed E-state index contributed by atoms with van der Waals surface area (Å²) >= 11 is 0. The van der Waals surface area contributed by atoms with Crippen LogP contribution in [-0.4, -0.2) is 16.9 Å². The average Bonchev–Trinajstić information content (AvgIpc) is 2.82. The molecule has 5 heteroatoms. The van der Waals surface area contributed by atoms with Crippen molar-refractivity contribution in [1.82, 2.24) is 15.2 Å². The summed E-state index contributed by atoms with van der Waals surface area (Å²) < 4.78 is 7.29. The van der Waals surface area contributed by atoms with Gasteiger partial charge in [0.05, 0.1) is 25.0 Å². The highest BCUT2D eigenvalue weighted by Crippen LogP contribution is 2.40. The molecule has 1 aliphatic carbocycles. The molecule has 3 atom stereocenters. The van der Waals surface area contributed by atoms with Crippen molar-refractivity contribution < 1.29 is 4.74 Å². The molecule has 19 heavy (non-hydrogen) atoms. The van der Waals surface area contributed by atoms with Crippen LogP contribution in [0.15, 0.2) is 6.20 Å². The Labute approximate surface area is 115 Å². The van der Waals surface area contributed by atoms with Crippen LogP contribution in [0.3, 0.4) is 0 Å². The average molecular weight is 266 g/mol. The van der Waals surface area contributed by atoms with Gasteiger partial charge in [-0.2, -0.15) is 5.10 Å². The first-order valence-electron chi connectivity index (χ1n) is 7.23. The van der Waals surface area contributed by atoms with Gasteiger partial charge in [-0.15, -0.1) is 0 Å². The monoisotopic (exact) mass is 266 g/mol. The zero-order valence-corrected chi connectivity index (χ0v) is 12.2. The minimum Gasteiger partial charge on any atom is -0.493 e. The summed E-state index contributed by atoms with van der Waals surface area (Å²) in [6.07, 6.45) is 8.13. The van der Waals surface area contributed by atoms with Gasteiger partial charge in [-0.1, -0.05) is 26.2 Å². The van der Waals surface area contributed by atoms with Gasteiger partial charge in [0.15, 0.2) is 5.75 Å². The van der Waals surface area contributed by atoms with E-state index in [2.05, 4.69) is 17.4 Å². The molecule has 1 aliphatic rings. The van der Waals surface area contributed by atoms with Gasteiger partial charge in [0.25, 0.3) is 0 Å². The maximum absolute atomic E-state index is 5.83. The Morgan fingerprint density at radius 3 is 3.00 bits per heavy atom. The first kappa shape index (κ1) is 14.3. The van der Waals surface area contributed by atoms with Crippen molar-refractivity contribution >= 4 is 0 Å². The predicted octanol–water partition coefficient (Wildman–Crippen LogP) is 2.15. The van der Waals surface area contributed by atoms with Gasteiger partial charge in [-0.05, 0) is 24.7 Å². The van der Waals surface area contributed by atoms with E-state index in [1.807, 2.05) is 11.7 Å². The molecule has 2 rings (SSSR count). The van der Waals surface area contributed by atoms with Crippen LogP contribution in [0.5, 0.6) is 5.75 Å². The summed E-state index contributed by atoms with van der Waals surface area (Å²) in [7, 11) is 3.63. The van der Waals surface area contributed by atoms with E-state index in [9.17, 15) is 0 Å². The molecule has 0 spiro atoms. The van der Waals surface area contributed by atoms with Crippen LogP contribution in [0.1, 0.15) is 50.8 Å². The van der Waals surface area contributed by atoms with Gasteiger partial charge in [-0.25, -0.2) is 0 Å². The van der Waals surface area contributed by atoms with Gasteiger partial charge in [0.2, 0.25) is 0 Å². The topological polar surface area (TPSA) is 65.1 Å². The Morgan fingerprint density at radius 1 is 1.58 bits per heavy atom. The van der Waals surface area contributed by atoms with Gasteiger partial charge in [-0.3, -0.25) is 16.0 Å². The number of ether oxygens (including phenoxy) is 1. The number of aromatic nitrogens is 2. The number of hydrogen-bond acceptors (Lipinski definition) is 4. The smallest absolute Gasteiger partial charge is 0.161 e. The lowest BCUT2D eigenvalue weighted by Gasteiger charge is -2.34. The summed E-state index contributed by atoms with van der Waals surface area (Å²) in [4.78, 5) is 0. The standard InChI is InChI=1S/C14H26N4O/c1-4-10-6-5-7-11(8-10)13(17-15)14-12(19-3)9-16-18(14)2/h9-11,13,17H,4-8,15H2,1-3H3. The van der Waals surface area contributed by atoms with Gasteiger partial charge in [0, 0.05) is 7.05 Å². The van der Waals surface area contributed by atoms with Gasteiger partial charge in [0.1, 0.15) is 0 Å². The van der Waals surface area contributed by atoms with E-state index < -0.39 is 0 Å². The van der Waals surface area contributed by atoms with Gasteiger partial charge >= 0.3 is 0 Å². The summed E-state index contributed by atoms with van der Waals surface area (Å²) in [5.74, 6) is 8.04. The lowest BCUT2D eigenvalue weighted by Crippen LogP contribution is -2.37. The highest BCUT2D eigenvalue weighted by atomic mass is 16.5. The Hall–Kier alpha value is -1.07. The normalized spacial score (nSPS) is 25.3. The zero-order valence-electron chi connectivity index (χ0n) is 12.2. The molecule has 0 amide bonds. The quantitative estimate of drug-likeness (QED) is 0.633. The van der Waals surface area contributed by atoms with Crippen molar-refractivity contribution in [2.75, 3.05) is 7.11 Å². The predicted molar refractivity (Wildman–Crippen MR) is 75.6 cm³/mol. The minimum absolute atomic E-state index is 0.122. The molecular weight excluding hydrogens is 240 g/mol. The molecule has 108 valence electrons. The van der Waals surface area contributed by atoms with E-state index in [-0.39, 0.29) is 6.04 Å². The van der Waals surface area contributed by atoms with Crippen molar-refractivity contribution in [3.8, 4) is 5.75 Å². The van der Waals surface area contributed by atoms with Crippen molar-refractivity contribution in [3.05, 3.63) is 11.9 Å². The Balaban J connectivity index is 2.21. The number of methoxy groups -OCH3 is 1. The number of nitrogens with two attached hydrogens (primary N) is 1. The van der Waals surface area contributed by atoms with Crippen LogP contribution in [0.2, 0.25) is 0 Å². The van der Waals surface area contributed by atoms with E-state index in [4.69, 9.17) is 10.6 Å².